The molecule has 0 aromatic heterocycles. The minimum atomic E-state index is -0.888. The van der Waals surface area contributed by atoms with Gasteiger partial charge in [-0.1, -0.05) is 0 Å². The summed E-state index contributed by atoms with van der Waals surface area (Å²) in [6, 6.07) is 2.31. The third kappa shape index (κ3) is 6.39. The Morgan fingerprint density at radius 1 is 1.16 bits per heavy atom. The molecule has 12 nitrogen and oxygen atoms in total. The first-order chi connectivity index (χ1) is 11.7. The molecular weight excluding hydrogens is 336 g/mol. The molecule has 0 spiro atoms. The van der Waals surface area contributed by atoms with Gasteiger partial charge in [0.05, 0.1) is 22.0 Å². The number of carbonyl (C=O) groups excluding carboxylic acids is 2. The molecule has 0 saturated heterocycles. The molecule has 1 atom stereocenters. The normalized spacial score (nSPS) is 11.4. The van der Waals surface area contributed by atoms with Crippen LogP contribution in [0.2, 0.25) is 0 Å². The molecule has 0 radical (unpaired) electrons. The van der Waals surface area contributed by atoms with Gasteiger partial charge in [0.25, 0.3) is 11.4 Å². The van der Waals surface area contributed by atoms with Gasteiger partial charge in [-0.15, -0.1) is 0 Å². The SMILES string of the molecule is NC(=O)CC[C@H](N)C(=O)NCCNc1ccc([N+](=O)[O-])cc1[N+](=O)[O-]. The number of nitro benzene ring substituents is 2. The van der Waals surface area contributed by atoms with Crippen molar-refractivity contribution in [1.29, 1.82) is 0 Å². The van der Waals surface area contributed by atoms with Gasteiger partial charge in [0, 0.05) is 25.6 Å². The Morgan fingerprint density at radius 2 is 1.84 bits per heavy atom. The van der Waals surface area contributed by atoms with Gasteiger partial charge in [0.1, 0.15) is 5.69 Å². The van der Waals surface area contributed by atoms with Crippen LogP contribution in [0.1, 0.15) is 12.8 Å². The van der Waals surface area contributed by atoms with Gasteiger partial charge in [-0.2, -0.15) is 0 Å². The lowest BCUT2D eigenvalue weighted by molar-refractivity contribution is -0.393. The Balaban J connectivity index is 2.53. The molecule has 136 valence electrons. The fraction of sp³-hybridized carbons (Fsp3) is 0.385. The van der Waals surface area contributed by atoms with Gasteiger partial charge in [-0.3, -0.25) is 29.8 Å². The fourth-order valence-electron chi connectivity index (χ4n) is 1.88. The predicted molar refractivity (Wildman–Crippen MR) is 87.7 cm³/mol. The number of rotatable bonds is 10. The molecule has 0 heterocycles. The average Bonchev–Trinajstić information content (AvgIpc) is 2.55. The fourth-order valence-corrected chi connectivity index (χ4v) is 1.88. The van der Waals surface area contributed by atoms with Gasteiger partial charge in [-0.05, 0) is 12.5 Å². The molecule has 1 rings (SSSR count). The van der Waals surface area contributed by atoms with E-state index in [2.05, 4.69) is 10.6 Å². The molecule has 0 aliphatic carbocycles. The van der Waals surface area contributed by atoms with Gasteiger partial charge in [-0.25, -0.2) is 0 Å². The van der Waals surface area contributed by atoms with Crippen LogP contribution < -0.4 is 22.1 Å². The number of non-ortho nitro benzene ring substituents is 1. The number of benzene rings is 1. The highest BCUT2D eigenvalue weighted by atomic mass is 16.6. The minimum Gasteiger partial charge on any atom is -0.378 e. The molecule has 0 fully saturated rings. The summed E-state index contributed by atoms with van der Waals surface area (Å²) in [5.41, 5.74) is 9.78. The molecule has 0 aliphatic rings. The maximum absolute atomic E-state index is 11.7. The summed E-state index contributed by atoms with van der Waals surface area (Å²) in [4.78, 5) is 42.4. The van der Waals surface area contributed by atoms with Crippen LogP contribution in [0.4, 0.5) is 17.1 Å². The van der Waals surface area contributed by atoms with Crippen LogP contribution in [0, 0.1) is 20.2 Å². The third-order valence-corrected chi connectivity index (χ3v) is 3.17. The van der Waals surface area contributed by atoms with Crippen molar-refractivity contribution in [2.45, 2.75) is 18.9 Å². The zero-order valence-corrected chi connectivity index (χ0v) is 13.1. The van der Waals surface area contributed by atoms with Crippen LogP contribution in [0.3, 0.4) is 0 Å². The molecule has 0 unspecified atom stereocenters. The Morgan fingerprint density at radius 3 is 2.40 bits per heavy atom. The zero-order chi connectivity index (χ0) is 19.0. The number of carbonyl (C=O) groups is 2. The second-order valence-electron chi connectivity index (χ2n) is 5.04. The van der Waals surface area contributed by atoms with E-state index in [0.717, 1.165) is 12.1 Å². The Bertz CT molecular complexity index is 679. The van der Waals surface area contributed by atoms with E-state index in [-0.39, 0.29) is 31.6 Å². The van der Waals surface area contributed by atoms with Crippen LogP contribution in [0.25, 0.3) is 0 Å². The van der Waals surface area contributed by atoms with E-state index < -0.39 is 39.1 Å². The second-order valence-corrected chi connectivity index (χ2v) is 5.04. The molecular formula is C13H18N6O6. The summed E-state index contributed by atoms with van der Waals surface area (Å²) in [6.07, 6.45) is 0.101. The third-order valence-electron chi connectivity index (χ3n) is 3.17. The van der Waals surface area contributed by atoms with Crippen molar-refractivity contribution in [3.8, 4) is 0 Å². The van der Waals surface area contributed by atoms with Gasteiger partial charge in [0.2, 0.25) is 11.8 Å². The first kappa shape index (κ1) is 19.8. The van der Waals surface area contributed by atoms with Crippen LogP contribution in [-0.4, -0.2) is 40.8 Å². The average molecular weight is 354 g/mol. The summed E-state index contributed by atoms with van der Waals surface area (Å²) < 4.78 is 0. The van der Waals surface area contributed by atoms with Crippen molar-refractivity contribution >= 4 is 28.9 Å². The van der Waals surface area contributed by atoms with Crippen molar-refractivity contribution in [3.63, 3.8) is 0 Å². The zero-order valence-electron chi connectivity index (χ0n) is 13.1. The first-order valence-electron chi connectivity index (χ1n) is 7.20. The number of nitrogens with zero attached hydrogens (tertiary/aromatic N) is 2. The van der Waals surface area contributed by atoms with E-state index in [1.165, 1.54) is 6.07 Å². The standard InChI is InChI=1S/C13H18N6O6/c14-9(2-4-12(15)20)13(21)17-6-5-16-10-3-1-8(18(22)23)7-11(10)19(24)25/h1,3,7,9,16H,2,4-6,14H2,(H2,15,20)(H,17,21)/t9-/m0/s1. The van der Waals surface area contributed by atoms with E-state index in [1.807, 2.05) is 0 Å². The smallest absolute Gasteiger partial charge is 0.299 e. The molecule has 0 saturated carbocycles. The van der Waals surface area contributed by atoms with Crippen LogP contribution in [0.15, 0.2) is 18.2 Å². The highest BCUT2D eigenvalue weighted by Crippen LogP contribution is 2.28. The number of nitro groups is 2. The lowest BCUT2D eigenvalue weighted by atomic mass is 10.1. The largest absolute Gasteiger partial charge is 0.378 e. The number of nitrogens with one attached hydrogen (secondary N) is 2. The summed E-state index contributed by atoms with van der Waals surface area (Å²) in [5, 5.41) is 26.8. The lowest BCUT2D eigenvalue weighted by Crippen LogP contribution is -2.42. The van der Waals surface area contributed by atoms with Crippen LogP contribution in [-0.2, 0) is 9.59 Å². The molecule has 0 bridgehead atoms. The number of hydrogen-bond donors (Lipinski definition) is 4. The minimum absolute atomic E-state index is 0.0121. The topological polar surface area (TPSA) is 197 Å². The number of hydrogen-bond acceptors (Lipinski definition) is 8. The van der Waals surface area contributed by atoms with Crippen molar-refractivity contribution in [3.05, 3.63) is 38.4 Å². The predicted octanol–water partition coefficient (Wildman–Crippen LogP) is -0.376. The second kappa shape index (κ2) is 9.12. The van der Waals surface area contributed by atoms with E-state index in [0.29, 0.717) is 0 Å². The monoisotopic (exact) mass is 354 g/mol. The summed E-state index contributed by atoms with van der Waals surface area (Å²) in [7, 11) is 0. The van der Waals surface area contributed by atoms with Crippen LogP contribution >= 0.6 is 0 Å². The number of amides is 2. The van der Waals surface area contributed by atoms with Gasteiger partial charge >= 0.3 is 0 Å². The lowest BCUT2D eigenvalue weighted by Gasteiger charge is -2.12. The quantitative estimate of drug-likeness (QED) is 0.248. The van der Waals surface area contributed by atoms with Crippen molar-refractivity contribution in [2.75, 3.05) is 18.4 Å². The highest BCUT2D eigenvalue weighted by Gasteiger charge is 2.19. The summed E-state index contributed by atoms with van der Waals surface area (Å²) >= 11 is 0. The van der Waals surface area contributed by atoms with Crippen LogP contribution in [0.5, 0.6) is 0 Å². The van der Waals surface area contributed by atoms with Crippen molar-refractivity contribution in [1.82, 2.24) is 5.32 Å². The van der Waals surface area contributed by atoms with Crippen molar-refractivity contribution < 1.29 is 19.4 Å². The molecule has 1 aromatic rings. The van der Waals surface area contributed by atoms with E-state index in [1.54, 1.807) is 0 Å². The molecule has 12 heteroatoms. The number of nitrogens with two attached hydrogens (primary N) is 2. The Kier molecular flexibility index (Phi) is 7.21. The van der Waals surface area contributed by atoms with E-state index >= 15 is 0 Å². The van der Waals surface area contributed by atoms with Gasteiger partial charge in [0.15, 0.2) is 0 Å². The maximum Gasteiger partial charge on any atom is 0.299 e. The van der Waals surface area contributed by atoms with E-state index in [9.17, 15) is 29.8 Å². The first-order valence-corrected chi connectivity index (χ1v) is 7.20. The summed E-state index contributed by atoms with van der Waals surface area (Å²) in [5.74, 6) is -1.04. The summed E-state index contributed by atoms with van der Waals surface area (Å²) in [6.45, 7) is 0.240. The Labute approximate surface area is 141 Å². The molecule has 0 aliphatic heterocycles. The molecule has 25 heavy (non-hydrogen) atoms. The number of primary amides is 1. The Hall–Kier alpha value is -3.28. The molecule has 1 aromatic carbocycles. The van der Waals surface area contributed by atoms with E-state index in [4.69, 9.17) is 11.5 Å². The maximum atomic E-state index is 11.7. The van der Waals surface area contributed by atoms with Crippen molar-refractivity contribution in [2.24, 2.45) is 11.5 Å². The molecule has 2 amide bonds. The highest BCUT2D eigenvalue weighted by molar-refractivity contribution is 5.82. The molecule has 6 N–H and O–H groups in total. The number of anilines is 1. The van der Waals surface area contributed by atoms with Gasteiger partial charge < -0.3 is 22.1 Å².